The van der Waals surface area contributed by atoms with Gasteiger partial charge in [-0.3, -0.25) is 14.1 Å². The summed E-state index contributed by atoms with van der Waals surface area (Å²) in [5.74, 6) is -1.93. The fraction of sp³-hybridized carbons (Fsp3) is 0.900. The summed E-state index contributed by atoms with van der Waals surface area (Å²) < 4.78 is 42.0. The maximum absolute atomic E-state index is 12.0. The van der Waals surface area contributed by atoms with Gasteiger partial charge in [-0.2, -0.15) is 8.42 Å². The molecular formula is C20H44N2O7S. The summed E-state index contributed by atoms with van der Waals surface area (Å²) in [7, 11) is -4.73. The van der Waals surface area contributed by atoms with E-state index in [-0.39, 0.29) is 25.5 Å². The molecule has 0 aliphatic carbocycles. The predicted octanol–water partition coefficient (Wildman–Crippen LogP) is 4.76. The zero-order valence-corrected chi connectivity index (χ0v) is 19.7. The van der Waals surface area contributed by atoms with Crippen molar-refractivity contribution in [2.75, 3.05) is 13.2 Å². The molecule has 1 unspecified atom stereocenters. The van der Waals surface area contributed by atoms with Crippen LogP contribution in [0.25, 0.3) is 0 Å². The molecule has 0 aromatic rings. The largest absolute Gasteiger partial charge is 0.466 e. The quantitative estimate of drug-likeness (QED) is 0.149. The molecule has 0 aliphatic rings. The number of hydrogen-bond donors (Lipinski definition) is 3. The Morgan fingerprint density at radius 2 is 1.13 bits per heavy atom. The smallest absolute Gasteiger partial charge is 0.327 e. The molecule has 182 valence electrons. The van der Waals surface area contributed by atoms with Crippen molar-refractivity contribution in [1.29, 1.82) is 0 Å². The van der Waals surface area contributed by atoms with Gasteiger partial charge >= 0.3 is 11.9 Å². The molecule has 0 spiro atoms. The lowest BCUT2D eigenvalue weighted by molar-refractivity contribution is -0.150. The number of carbonyl (C=O) groups excluding carboxylic acids is 2. The first-order chi connectivity index (χ1) is 13.3. The molecular weight excluding hydrogens is 412 g/mol. The minimum absolute atomic E-state index is 0. The Balaban J connectivity index is -0.00000364. The summed E-state index contributed by atoms with van der Waals surface area (Å²) in [6, 6.07) is 0. The first-order valence-electron chi connectivity index (χ1n) is 10.6. The van der Waals surface area contributed by atoms with Gasteiger partial charge in [0.1, 0.15) is 0 Å². The number of ether oxygens (including phenoxy) is 2. The molecule has 7 N–H and O–H groups in total. The Bertz CT molecular complexity index is 527. The van der Waals surface area contributed by atoms with E-state index in [2.05, 4.69) is 13.8 Å². The molecule has 0 saturated carbocycles. The Hall–Kier alpha value is -1.23. The van der Waals surface area contributed by atoms with Crippen molar-refractivity contribution >= 4 is 22.1 Å². The molecule has 0 aromatic heterocycles. The molecule has 0 bridgehead atoms. The molecule has 0 aliphatic heterocycles. The van der Waals surface area contributed by atoms with Gasteiger partial charge in [-0.1, -0.05) is 78.1 Å². The number of unbranched alkanes of at least 4 members (excludes halogenated alkanes) is 10. The molecule has 10 heteroatoms. The van der Waals surface area contributed by atoms with E-state index in [0.29, 0.717) is 12.8 Å². The van der Waals surface area contributed by atoms with E-state index in [1.54, 1.807) is 0 Å². The number of rotatable bonds is 18. The van der Waals surface area contributed by atoms with Crippen LogP contribution < -0.4 is 12.3 Å². The van der Waals surface area contributed by atoms with Crippen LogP contribution in [-0.4, -0.2) is 43.4 Å². The lowest BCUT2D eigenvalue weighted by atomic mass is 10.1. The van der Waals surface area contributed by atoms with Crippen molar-refractivity contribution in [3.05, 3.63) is 0 Å². The van der Waals surface area contributed by atoms with Crippen molar-refractivity contribution in [2.24, 2.45) is 0 Å². The van der Waals surface area contributed by atoms with E-state index in [1.807, 2.05) is 0 Å². The summed E-state index contributed by atoms with van der Waals surface area (Å²) in [6.07, 6.45) is 11.3. The summed E-state index contributed by atoms with van der Waals surface area (Å²) in [6.45, 7) is 4.50. The third kappa shape index (κ3) is 18.8. The predicted molar refractivity (Wildman–Crippen MR) is 119 cm³/mol. The first kappa shape index (κ1) is 33.4. The fourth-order valence-electron chi connectivity index (χ4n) is 2.74. The Morgan fingerprint density at radius 3 is 1.57 bits per heavy atom. The SMILES string of the molecule is CCCCCCCCOC(=O)CC(C(=O)OCCCCCCCC)S(=O)(=O)O.N.N. The molecule has 0 saturated heterocycles. The van der Waals surface area contributed by atoms with Crippen LogP contribution in [0.15, 0.2) is 0 Å². The maximum Gasteiger partial charge on any atom is 0.327 e. The lowest BCUT2D eigenvalue weighted by Crippen LogP contribution is -2.34. The molecule has 30 heavy (non-hydrogen) atoms. The van der Waals surface area contributed by atoms with E-state index in [0.717, 1.165) is 57.8 Å². The van der Waals surface area contributed by atoms with Crippen molar-refractivity contribution < 1.29 is 32.0 Å². The van der Waals surface area contributed by atoms with Gasteiger partial charge < -0.3 is 21.8 Å². The van der Waals surface area contributed by atoms with E-state index in [9.17, 15) is 22.6 Å². The molecule has 0 rings (SSSR count). The summed E-state index contributed by atoms with van der Waals surface area (Å²) >= 11 is 0. The van der Waals surface area contributed by atoms with Crippen molar-refractivity contribution in [3.8, 4) is 0 Å². The van der Waals surface area contributed by atoms with Crippen LogP contribution in [0.3, 0.4) is 0 Å². The Labute approximate surface area is 182 Å². The van der Waals surface area contributed by atoms with Gasteiger partial charge in [0.2, 0.25) is 0 Å². The molecule has 0 fully saturated rings. The fourth-order valence-corrected chi connectivity index (χ4v) is 3.39. The van der Waals surface area contributed by atoms with Crippen molar-refractivity contribution in [2.45, 2.75) is 103 Å². The van der Waals surface area contributed by atoms with E-state index < -0.39 is 33.7 Å². The standard InChI is InChI=1S/C20H38O7S.2H3N/c1-3-5-7-9-11-13-15-26-19(21)17-18(28(23,24)25)20(22)27-16-14-12-10-8-6-4-2;;/h18H,3-17H2,1-2H3,(H,23,24,25);2*1H3. The maximum atomic E-state index is 12.0. The van der Waals surface area contributed by atoms with Gasteiger partial charge in [0.05, 0.1) is 19.6 Å². The molecule has 0 radical (unpaired) electrons. The van der Waals surface area contributed by atoms with Gasteiger partial charge in [-0.25, -0.2) is 0 Å². The van der Waals surface area contributed by atoms with Crippen LogP contribution in [-0.2, 0) is 29.2 Å². The van der Waals surface area contributed by atoms with Crippen LogP contribution in [0.2, 0.25) is 0 Å². The van der Waals surface area contributed by atoms with Gasteiger partial charge in [0.25, 0.3) is 10.1 Å². The number of hydrogen-bond acceptors (Lipinski definition) is 8. The number of esters is 2. The van der Waals surface area contributed by atoms with Gasteiger partial charge in [-0.15, -0.1) is 0 Å². The highest BCUT2D eigenvalue weighted by Crippen LogP contribution is 2.11. The van der Waals surface area contributed by atoms with Gasteiger partial charge in [0, 0.05) is 0 Å². The zero-order chi connectivity index (χ0) is 21.3. The van der Waals surface area contributed by atoms with Crippen LogP contribution in [0.1, 0.15) is 97.3 Å². The molecule has 1 atom stereocenters. The highest BCUT2D eigenvalue weighted by Gasteiger charge is 2.35. The number of carbonyl (C=O) groups is 2. The summed E-state index contributed by atoms with van der Waals surface area (Å²) in [5.41, 5.74) is 0. The highest BCUT2D eigenvalue weighted by molar-refractivity contribution is 7.87. The van der Waals surface area contributed by atoms with E-state index >= 15 is 0 Å². The van der Waals surface area contributed by atoms with Crippen LogP contribution in [0, 0.1) is 0 Å². The van der Waals surface area contributed by atoms with Crippen molar-refractivity contribution in [3.63, 3.8) is 0 Å². The second kappa shape index (κ2) is 21.0. The summed E-state index contributed by atoms with van der Waals surface area (Å²) in [4.78, 5) is 23.8. The topological polar surface area (TPSA) is 177 Å². The van der Waals surface area contributed by atoms with E-state index in [4.69, 9.17) is 9.47 Å². The minimum Gasteiger partial charge on any atom is -0.466 e. The Kier molecular flexibility index (Phi) is 23.4. The molecule has 9 nitrogen and oxygen atoms in total. The average molecular weight is 457 g/mol. The van der Waals surface area contributed by atoms with Crippen LogP contribution >= 0.6 is 0 Å². The van der Waals surface area contributed by atoms with Crippen molar-refractivity contribution in [1.82, 2.24) is 12.3 Å². The summed E-state index contributed by atoms with van der Waals surface area (Å²) in [5, 5.41) is -1.93. The Morgan fingerprint density at radius 1 is 0.733 bits per heavy atom. The van der Waals surface area contributed by atoms with Gasteiger partial charge in [-0.05, 0) is 12.8 Å². The minimum atomic E-state index is -4.73. The van der Waals surface area contributed by atoms with Crippen LogP contribution in [0.5, 0.6) is 0 Å². The van der Waals surface area contributed by atoms with Gasteiger partial charge in [0.15, 0.2) is 5.25 Å². The second-order valence-corrected chi connectivity index (χ2v) is 8.73. The molecule has 0 aromatic carbocycles. The highest BCUT2D eigenvalue weighted by atomic mass is 32.2. The molecule has 0 heterocycles. The third-order valence-corrected chi connectivity index (χ3v) is 5.56. The van der Waals surface area contributed by atoms with E-state index in [1.165, 1.54) is 6.42 Å². The van der Waals surface area contributed by atoms with Crippen LogP contribution in [0.4, 0.5) is 0 Å². The third-order valence-electron chi connectivity index (χ3n) is 4.48. The monoisotopic (exact) mass is 456 g/mol. The normalized spacial score (nSPS) is 11.7. The first-order valence-corrected chi connectivity index (χ1v) is 12.1. The zero-order valence-electron chi connectivity index (χ0n) is 18.9. The average Bonchev–Trinajstić information content (AvgIpc) is 2.63. The second-order valence-electron chi connectivity index (χ2n) is 7.13. The molecule has 0 amide bonds. The lowest BCUT2D eigenvalue weighted by Gasteiger charge is -2.13.